The van der Waals surface area contributed by atoms with Crippen LogP contribution in [0.5, 0.6) is 0 Å². The monoisotopic (exact) mass is 285 g/mol. The van der Waals surface area contributed by atoms with Gasteiger partial charge >= 0.3 is 6.03 Å². The van der Waals surface area contributed by atoms with E-state index in [9.17, 15) is 9.90 Å². The van der Waals surface area contributed by atoms with Crippen LogP contribution in [-0.2, 0) is 0 Å². The Hall–Kier alpha value is -2.14. The Bertz CT molecular complexity index is 680. The van der Waals surface area contributed by atoms with Crippen LogP contribution in [0.25, 0.3) is 10.9 Å². The lowest BCUT2D eigenvalue weighted by atomic mass is 10.1. The SMILES string of the molecule is Cc1ccc2cccc(NC(=O)NCC3(CO)CC3)c2n1. The molecule has 1 aromatic heterocycles. The normalized spacial score (nSPS) is 15.7. The molecule has 110 valence electrons. The largest absolute Gasteiger partial charge is 0.396 e. The molecule has 2 amide bonds. The number of aliphatic hydroxyl groups is 1. The minimum Gasteiger partial charge on any atom is -0.396 e. The molecule has 3 N–H and O–H groups in total. The number of hydrogen-bond acceptors (Lipinski definition) is 3. The third kappa shape index (κ3) is 2.97. The number of pyridine rings is 1. The summed E-state index contributed by atoms with van der Waals surface area (Å²) < 4.78 is 0. The Morgan fingerprint density at radius 1 is 1.33 bits per heavy atom. The van der Waals surface area contributed by atoms with Crippen molar-refractivity contribution >= 4 is 22.6 Å². The van der Waals surface area contributed by atoms with Gasteiger partial charge in [-0.05, 0) is 31.9 Å². The van der Waals surface area contributed by atoms with Gasteiger partial charge in [0, 0.05) is 23.0 Å². The zero-order valence-corrected chi connectivity index (χ0v) is 12.0. The van der Waals surface area contributed by atoms with E-state index in [1.54, 1.807) is 0 Å². The summed E-state index contributed by atoms with van der Waals surface area (Å²) >= 11 is 0. The van der Waals surface area contributed by atoms with Crippen molar-refractivity contribution in [1.29, 1.82) is 0 Å². The molecular weight excluding hydrogens is 266 g/mol. The summed E-state index contributed by atoms with van der Waals surface area (Å²) in [6, 6.07) is 9.38. The number of anilines is 1. The Kier molecular flexibility index (Phi) is 3.51. The maximum Gasteiger partial charge on any atom is 0.319 e. The van der Waals surface area contributed by atoms with Gasteiger partial charge in [-0.1, -0.05) is 18.2 Å². The second-order valence-electron chi connectivity index (χ2n) is 5.80. The van der Waals surface area contributed by atoms with Crippen LogP contribution in [0.15, 0.2) is 30.3 Å². The summed E-state index contributed by atoms with van der Waals surface area (Å²) in [5, 5.41) is 15.9. The standard InChI is InChI=1S/C16H19N3O2/c1-11-5-6-12-3-2-4-13(14(12)18-11)19-15(21)17-9-16(10-20)7-8-16/h2-6,20H,7-10H2,1H3,(H2,17,19,21). The molecule has 0 aliphatic heterocycles. The average Bonchev–Trinajstić information content (AvgIpc) is 3.26. The molecule has 5 nitrogen and oxygen atoms in total. The summed E-state index contributed by atoms with van der Waals surface area (Å²) in [7, 11) is 0. The van der Waals surface area contributed by atoms with Gasteiger partial charge < -0.3 is 15.7 Å². The van der Waals surface area contributed by atoms with Gasteiger partial charge in [-0.15, -0.1) is 0 Å². The van der Waals surface area contributed by atoms with Crippen molar-refractivity contribution in [2.75, 3.05) is 18.5 Å². The predicted octanol–water partition coefficient (Wildman–Crippen LogP) is 2.44. The smallest absolute Gasteiger partial charge is 0.319 e. The van der Waals surface area contributed by atoms with Crippen LogP contribution < -0.4 is 10.6 Å². The van der Waals surface area contributed by atoms with Gasteiger partial charge in [-0.3, -0.25) is 4.98 Å². The average molecular weight is 285 g/mol. The van der Waals surface area contributed by atoms with E-state index >= 15 is 0 Å². The first kappa shape index (κ1) is 13.8. The number of amides is 2. The molecule has 0 atom stereocenters. The summed E-state index contributed by atoms with van der Waals surface area (Å²) in [6.45, 7) is 2.56. The number of rotatable bonds is 4. The number of hydrogen-bond donors (Lipinski definition) is 3. The highest BCUT2D eigenvalue weighted by atomic mass is 16.3. The number of nitrogens with one attached hydrogen (secondary N) is 2. The Labute approximate surface area is 123 Å². The number of aromatic nitrogens is 1. The minimum atomic E-state index is -0.259. The molecule has 21 heavy (non-hydrogen) atoms. The van der Waals surface area contributed by atoms with Crippen LogP contribution >= 0.6 is 0 Å². The van der Waals surface area contributed by atoms with E-state index in [1.165, 1.54) is 0 Å². The van der Waals surface area contributed by atoms with Crippen LogP contribution in [-0.4, -0.2) is 29.3 Å². The van der Waals surface area contributed by atoms with E-state index in [2.05, 4.69) is 15.6 Å². The van der Waals surface area contributed by atoms with E-state index in [4.69, 9.17) is 0 Å². The Morgan fingerprint density at radius 3 is 2.86 bits per heavy atom. The lowest BCUT2D eigenvalue weighted by Crippen LogP contribution is -2.35. The molecule has 1 aromatic carbocycles. The summed E-state index contributed by atoms with van der Waals surface area (Å²) in [5.41, 5.74) is 2.30. The van der Waals surface area contributed by atoms with Crippen molar-refractivity contribution in [3.63, 3.8) is 0 Å². The molecule has 1 aliphatic carbocycles. The zero-order valence-electron chi connectivity index (χ0n) is 12.0. The van der Waals surface area contributed by atoms with Gasteiger partial charge in [0.05, 0.1) is 17.8 Å². The van der Waals surface area contributed by atoms with Crippen molar-refractivity contribution in [1.82, 2.24) is 10.3 Å². The van der Waals surface area contributed by atoms with Gasteiger partial charge in [0.2, 0.25) is 0 Å². The molecule has 1 aliphatic rings. The lowest BCUT2D eigenvalue weighted by Gasteiger charge is -2.14. The van der Waals surface area contributed by atoms with Gasteiger partial charge in [0.15, 0.2) is 0 Å². The number of nitrogens with zero attached hydrogens (tertiary/aromatic N) is 1. The second kappa shape index (κ2) is 5.33. The van der Waals surface area contributed by atoms with E-state index in [0.717, 1.165) is 29.4 Å². The first-order valence-corrected chi connectivity index (χ1v) is 7.14. The van der Waals surface area contributed by atoms with Crippen molar-refractivity contribution in [2.45, 2.75) is 19.8 Å². The number of fused-ring (bicyclic) bond motifs is 1. The fraction of sp³-hybridized carbons (Fsp3) is 0.375. The van der Waals surface area contributed by atoms with Crippen LogP contribution in [0.3, 0.4) is 0 Å². The van der Waals surface area contributed by atoms with Gasteiger partial charge in [-0.2, -0.15) is 0 Å². The Balaban J connectivity index is 1.72. The van der Waals surface area contributed by atoms with Crippen molar-refractivity contribution < 1.29 is 9.90 Å². The first-order chi connectivity index (χ1) is 10.1. The van der Waals surface area contributed by atoms with Crippen molar-refractivity contribution in [3.05, 3.63) is 36.0 Å². The number of para-hydroxylation sites is 1. The quantitative estimate of drug-likeness (QED) is 0.807. The predicted molar refractivity (Wildman–Crippen MR) is 82.3 cm³/mol. The highest BCUT2D eigenvalue weighted by molar-refractivity contribution is 5.99. The summed E-state index contributed by atoms with van der Waals surface area (Å²) in [5.74, 6) is 0. The number of carbonyl (C=O) groups is 1. The van der Waals surface area contributed by atoms with Gasteiger partial charge in [-0.25, -0.2) is 4.79 Å². The van der Waals surface area contributed by atoms with E-state index in [1.807, 2.05) is 37.3 Å². The summed E-state index contributed by atoms with van der Waals surface area (Å²) in [4.78, 5) is 16.5. The second-order valence-corrected chi connectivity index (χ2v) is 5.80. The van der Waals surface area contributed by atoms with E-state index in [0.29, 0.717) is 12.2 Å². The van der Waals surface area contributed by atoms with Gasteiger partial charge in [0.25, 0.3) is 0 Å². The molecule has 0 saturated heterocycles. The van der Waals surface area contributed by atoms with Crippen molar-refractivity contribution in [2.24, 2.45) is 5.41 Å². The molecular formula is C16H19N3O2. The van der Waals surface area contributed by atoms with E-state index < -0.39 is 0 Å². The number of aryl methyl sites for hydroxylation is 1. The third-order valence-electron chi connectivity index (χ3n) is 4.02. The number of urea groups is 1. The maximum absolute atomic E-state index is 12.0. The van der Waals surface area contributed by atoms with Gasteiger partial charge in [0.1, 0.15) is 0 Å². The minimum absolute atomic E-state index is 0.0923. The molecule has 2 aromatic rings. The van der Waals surface area contributed by atoms with Crippen LogP contribution in [0.1, 0.15) is 18.5 Å². The zero-order chi connectivity index (χ0) is 14.9. The maximum atomic E-state index is 12.0. The fourth-order valence-electron chi connectivity index (χ4n) is 2.35. The first-order valence-electron chi connectivity index (χ1n) is 7.14. The molecule has 1 saturated carbocycles. The molecule has 5 heteroatoms. The fourth-order valence-corrected chi connectivity index (χ4v) is 2.35. The number of aliphatic hydroxyl groups excluding tert-OH is 1. The van der Waals surface area contributed by atoms with Crippen molar-refractivity contribution in [3.8, 4) is 0 Å². The molecule has 0 bridgehead atoms. The molecule has 0 radical (unpaired) electrons. The van der Waals surface area contributed by atoms with Crippen LogP contribution in [0.2, 0.25) is 0 Å². The van der Waals surface area contributed by atoms with E-state index in [-0.39, 0.29) is 18.1 Å². The highest BCUT2D eigenvalue weighted by Crippen LogP contribution is 2.44. The third-order valence-corrected chi connectivity index (χ3v) is 4.02. The molecule has 3 rings (SSSR count). The molecule has 1 fully saturated rings. The molecule has 0 spiro atoms. The number of benzene rings is 1. The Morgan fingerprint density at radius 2 is 2.14 bits per heavy atom. The van der Waals surface area contributed by atoms with Crippen LogP contribution in [0.4, 0.5) is 10.5 Å². The molecule has 0 unspecified atom stereocenters. The molecule has 1 heterocycles. The topological polar surface area (TPSA) is 74.2 Å². The van der Waals surface area contributed by atoms with Crippen LogP contribution in [0, 0.1) is 12.3 Å². The highest BCUT2D eigenvalue weighted by Gasteiger charge is 2.42. The number of carbonyl (C=O) groups excluding carboxylic acids is 1. The lowest BCUT2D eigenvalue weighted by molar-refractivity contribution is 0.206. The summed E-state index contributed by atoms with van der Waals surface area (Å²) in [6.07, 6.45) is 1.94.